The van der Waals surface area contributed by atoms with Gasteiger partial charge in [0.2, 0.25) is 0 Å². The van der Waals surface area contributed by atoms with E-state index in [0.29, 0.717) is 28.0 Å². The zero-order valence-electron chi connectivity index (χ0n) is 13.7. The number of halogens is 1. The van der Waals surface area contributed by atoms with Gasteiger partial charge in [-0.3, -0.25) is 9.78 Å². The number of hydrogen-bond donors (Lipinski definition) is 3. The molecule has 130 valence electrons. The molecule has 0 unspecified atom stereocenters. The van der Waals surface area contributed by atoms with Crippen LogP contribution in [0.1, 0.15) is 21.5 Å². The van der Waals surface area contributed by atoms with Gasteiger partial charge in [-0.15, -0.1) is 0 Å². The van der Waals surface area contributed by atoms with Gasteiger partial charge in [-0.1, -0.05) is 35.6 Å². The van der Waals surface area contributed by atoms with E-state index in [1.54, 1.807) is 30.3 Å². The average molecular weight is 367 g/mol. The fourth-order valence-electron chi connectivity index (χ4n) is 2.44. The largest absolute Gasteiger partial charge is 0.506 e. The number of nitrogens with zero attached hydrogens (tertiary/aromatic N) is 1. The number of aliphatic hydroxyl groups excluding tert-OH is 1. The summed E-state index contributed by atoms with van der Waals surface area (Å²) in [5.41, 5.74) is 2.17. The molecule has 3 rings (SSSR count). The van der Waals surface area contributed by atoms with E-state index in [1.165, 1.54) is 6.20 Å². The van der Waals surface area contributed by atoms with Gasteiger partial charge in [0.05, 0.1) is 5.52 Å². The lowest BCUT2D eigenvalue weighted by atomic mass is 10.1. The molecule has 0 aliphatic rings. The molecule has 5 nitrogen and oxygen atoms in total. The molecule has 0 bridgehead atoms. The minimum absolute atomic E-state index is 0.0978. The average Bonchev–Trinajstić information content (AvgIpc) is 2.66. The third kappa shape index (κ3) is 3.94. The fraction of sp³-hybridized carbons (Fsp3) is 0.100. The molecule has 1 heterocycles. The molecule has 26 heavy (non-hydrogen) atoms. The number of aliphatic hydroxyl groups is 1. The number of amides is 1. The van der Waals surface area contributed by atoms with Crippen molar-refractivity contribution in [3.05, 3.63) is 70.4 Å². The van der Waals surface area contributed by atoms with E-state index in [-0.39, 0.29) is 17.9 Å². The highest BCUT2D eigenvalue weighted by atomic mass is 35.5. The first-order valence-electron chi connectivity index (χ1n) is 7.82. The summed E-state index contributed by atoms with van der Waals surface area (Å²) in [5, 5.41) is 23.0. The Bertz CT molecular complexity index is 1020. The van der Waals surface area contributed by atoms with Crippen LogP contribution in [0.25, 0.3) is 10.9 Å². The number of aromatic nitrogens is 1. The molecule has 3 aromatic rings. The Labute approximate surface area is 155 Å². The molecular formula is C20H15ClN2O3. The van der Waals surface area contributed by atoms with Gasteiger partial charge in [-0.2, -0.15) is 0 Å². The topological polar surface area (TPSA) is 82.5 Å². The van der Waals surface area contributed by atoms with Crippen molar-refractivity contribution in [2.75, 3.05) is 6.61 Å². The van der Waals surface area contributed by atoms with Crippen LogP contribution in [0.3, 0.4) is 0 Å². The number of benzene rings is 2. The Balaban J connectivity index is 1.81. The van der Waals surface area contributed by atoms with Crippen molar-refractivity contribution in [1.82, 2.24) is 10.3 Å². The van der Waals surface area contributed by atoms with Crippen LogP contribution in [-0.4, -0.2) is 27.7 Å². The van der Waals surface area contributed by atoms with E-state index < -0.39 is 5.91 Å². The molecule has 0 atom stereocenters. The predicted octanol–water partition coefficient (Wildman–Crippen LogP) is 2.87. The maximum Gasteiger partial charge on any atom is 0.256 e. The van der Waals surface area contributed by atoms with Crippen LogP contribution < -0.4 is 5.32 Å². The van der Waals surface area contributed by atoms with Crippen molar-refractivity contribution in [3.63, 3.8) is 0 Å². The summed E-state index contributed by atoms with van der Waals surface area (Å²) in [5.74, 6) is 4.77. The zero-order chi connectivity index (χ0) is 18.5. The summed E-state index contributed by atoms with van der Waals surface area (Å²) in [7, 11) is 0. The molecule has 0 radical (unpaired) electrons. The van der Waals surface area contributed by atoms with Crippen LogP contribution in [0.15, 0.2) is 48.7 Å². The van der Waals surface area contributed by atoms with Crippen molar-refractivity contribution in [2.24, 2.45) is 0 Å². The van der Waals surface area contributed by atoms with Crippen LogP contribution in [0.2, 0.25) is 5.02 Å². The number of aromatic hydroxyl groups is 1. The number of nitrogens with one attached hydrogen (secondary N) is 1. The summed E-state index contributed by atoms with van der Waals surface area (Å²) < 4.78 is 0. The van der Waals surface area contributed by atoms with Gasteiger partial charge in [0.15, 0.2) is 0 Å². The minimum Gasteiger partial charge on any atom is -0.506 e. The molecule has 0 aliphatic heterocycles. The second-order valence-corrected chi connectivity index (χ2v) is 5.96. The lowest BCUT2D eigenvalue weighted by Gasteiger charge is -2.09. The van der Waals surface area contributed by atoms with Gasteiger partial charge in [0.1, 0.15) is 17.9 Å². The molecule has 0 saturated carbocycles. The summed E-state index contributed by atoms with van der Waals surface area (Å²) in [4.78, 5) is 16.6. The van der Waals surface area contributed by atoms with Gasteiger partial charge >= 0.3 is 0 Å². The second-order valence-electron chi connectivity index (χ2n) is 5.52. The van der Waals surface area contributed by atoms with E-state index >= 15 is 0 Å². The van der Waals surface area contributed by atoms with Crippen LogP contribution in [0, 0.1) is 11.8 Å². The van der Waals surface area contributed by atoms with Crippen molar-refractivity contribution in [3.8, 4) is 17.6 Å². The van der Waals surface area contributed by atoms with Gasteiger partial charge in [0, 0.05) is 28.7 Å². The molecule has 0 saturated heterocycles. The number of carbonyl (C=O) groups is 1. The van der Waals surface area contributed by atoms with Crippen molar-refractivity contribution >= 4 is 28.4 Å². The first kappa shape index (κ1) is 17.7. The van der Waals surface area contributed by atoms with Gasteiger partial charge < -0.3 is 15.5 Å². The van der Waals surface area contributed by atoms with Crippen molar-refractivity contribution in [1.29, 1.82) is 0 Å². The van der Waals surface area contributed by atoms with E-state index in [0.717, 1.165) is 5.56 Å². The Morgan fingerprint density at radius 3 is 2.69 bits per heavy atom. The quantitative estimate of drug-likeness (QED) is 0.622. The van der Waals surface area contributed by atoms with E-state index in [4.69, 9.17) is 16.7 Å². The van der Waals surface area contributed by atoms with Crippen LogP contribution in [-0.2, 0) is 6.54 Å². The standard InChI is InChI=1S/C20H15ClN2O3/c21-15-6-3-14(4-7-15)11-23-20(26)17-12-22-18-10-13(2-1-9-24)5-8-16(18)19(17)25/h3-8,10,12,24H,9,11H2,(H,22,25)(H,23,26). The highest BCUT2D eigenvalue weighted by molar-refractivity contribution is 6.30. The van der Waals surface area contributed by atoms with E-state index in [1.807, 2.05) is 12.1 Å². The maximum atomic E-state index is 12.4. The smallest absolute Gasteiger partial charge is 0.256 e. The number of hydrogen-bond acceptors (Lipinski definition) is 4. The lowest BCUT2D eigenvalue weighted by Crippen LogP contribution is -2.23. The molecule has 1 amide bonds. The summed E-state index contributed by atoms with van der Waals surface area (Å²) in [6, 6.07) is 12.2. The van der Waals surface area contributed by atoms with E-state index in [2.05, 4.69) is 22.1 Å². The Hall–Kier alpha value is -3.07. The molecule has 6 heteroatoms. The molecule has 2 aromatic carbocycles. The fourth-order valence-corrected chi connectivity index (χ4v) is 2.57. The normalized spacial score (nSPS) is 10.2. The molecular weight excluding hydrogens is 352 g/mol. The highest BCUT2D eigenvalue weighted by Crippen LogP contribution is 2.27. The summed E-state index contributed by atoms with van der Waals surface area (Å²) in [6.45, 7) is 0.0760. The highest BCUT2D eigenvalue weighted by Gasteiger charge is 2.15. The predicted molar refractivity (Wildman–Crippen MR) is 100.0 cm³/mol. The first-order valence-corrected chi connectivity index (χ1v) is 8.20. The lowest BCUT2D eigenvalue weighted by molar-refractivity contribution is 0.0948. The van der Waals surface area contributed by atoms with Gasteiger partial charge in [-0.05, 0) is 35.9 Å². The number of pyridine rings is 1. The van der Waals surface area contributed by atoms with Crippen molar-refractivity contribution in [2.45, 2.75) is 6.54 Å². The molecule has 3 N–H and O–H groups in total. The summed E-state index contributed by atoms with van der Waals surface area (Å²) in [6.07, 6.45) is 1.33. The minimum atomic E-state index is -0.420. The molecule has 0 fully saturated rings. The Morgan fingerprint density at radius 1 is 1.19 bits per heavy atom. The van der Waals surface area contributed by atoms with Gasteiger partial charge in [-0.25, -0.2) is 0 Å². The van der Waals surface area contributed by atoms with Crippen LogP contribution >= 0.6 is 11.6 Å². The Kier molecular flexibility index (Phi) is 5.37. The first-order chi connectivity index (χ1) is 12.6. The van der Waals surface area contributed by atoms with E-state index in [9.17, 15) is 9.90 Å². The van der Waals surface area contributed by atoms with Crippen LogP contribution in [0.4, 0.5) is 0 Å². The Morgan fingerprint density at radius 2 is 1.96 bits per heavy atom. The number of fused-ring (bicyclic) bond motifs is 1. The molecule has 0 spiro atoms. The summed E-state index contributed by atoms with van der Waals surface area (Å²) >= 11 is 5.84. The third-order valence-corrected chi connectivity index (χ3v) is 4.02. The zero-order valence-corrected chi connectivity index (χ0v) is 14.4. The van der Waals surface area contributed by atoms with Crippen LogP contribution in [0.5, 0.6) is 5.75 Å². The second kappa shape index (κ2) is 7.87. The number of rotatable bonds is 3. The number of carbonyl (C=O) groups excluding carboxylic acids is 1. The third-order valence-electron chi connectivity index (χ3n) is 3.76. The van der Waals surface area contributed by atoms with Crippen molar-refractivity contribution < 1.29 is 15.0 Å². The SMILES string of the molecule is O=C(NCc1ccc(Cl)cc1)c1cnc2cc(C#CCO)ccc2c1O. The van der Waals surface area contributed by atoms with Gasteiger partial charge in [0.25, 0.3) is 5.91 Å². The molecule has 1 aromatic heterocycles. The molecule has 0 aliphatic carbocycles. The maximum absolute atomic E-state index is 12.4. The monoisotopic (exact) mass is 366 g/mol.